The number of carboxylic acid groups (broad SMARTS) is 1. The number of rotatable bonds is 4. The van der Waals surface area contributed by atoms with Gasteiger partial charge in [0.1, 0.15) is 0 Å². The first-order chi connectivity index (χ1) is 8.98. The van der Waals surface area contributed by atoms with Gasteiger partial charge in [-0.2, -0.15) is 0 Å². The van der Waals surface area contributed by atoms with Gasteiger partial charge >= 0.3 is 12.0 Å². The van der Waals surface area contributed by atoms with Crippen LogP contribution in [0.1, 0.15) is 53.9 Å². The first-order valence-corrected chi connectivity index (χ1v) is 7.27. The number of aliphatic carboxylic acids is 1. The lowest BCUT2D eigenvalue weighted by Gasteiger charge is -2.34. The predicted molar refractivity (Wildman–Crippen MR) is 78.6 cm³/mol. The molecular weight excluding hydrogens is 256 g/mol. The SMILES string of the molecule is CC(C)(C)CC(C)(C)NC(=O)N1CCC(CC(=O)O)C1. The summed E-state index contributed by atoms with van der Waals surface area (Å²) in [6, 6.07) is -0.0767. The van der Waals surface area contributed by atoms with E-state index < -0.39 is 5.97 Å². The highest BCUT2D eigenvalue weighted by molar-refractivity contribution is 5.75. The van der Waals surface area contributed by atoms with Gasteiger partial charge < -0.3 is 15.3 Å². The van der Waals surface area contributed by atoms with Gasteiger partial charge in [0.15, 0.2) is 0 Å². The summed E-state index contributed by atoms with van der Waals surface area (Å²) >= 11 is 0. The average Bonchev–Trinajstić information content (AvgIpc) is 2.59. The van der Waals surface area contributed by atoms with E-state index in [2.05, 4.69) is 26.1 Å². The molecule has 1 aliphatic rings. The Morgan fingerprint density at radius 3 is 2.35 bits per heavy atom. The number of likely N-dealkylation sites (tertiary alicyclic amines) is 1. The zero-order valence-electron chi connectivity index (χ0n) is 13.3. The minimum absolute atomic E-state index is 0.0767. The number of carbonyl (C=O) groups is 2. The lowest BCUT2D eigenvalue weighted by Crippen LogP contribution is -2.50. The summed E-state index contributed by atoms with van der Waals surface area (Å²) in [6.07, 6.45) is 1.81. The quantitative estimate of drug-likeness (QED) is 0.834. The van der Waals surface area contributed by atoms with E-state index in [1.54, 1.807) is 4.90 Å². The van der Waals surface area contributed by atoms with E-state index in [0.717, 1.165) is 12.8 Å². The molecule has 1 saturated heterocycles. The summed E-state index contributed by atoms with van der Waals surface area (Å²) in [5, 5.41) is 11.9. The number of carboxylic acids is 1. The fourth-order valence-corrected chi connectivity index (χ4v) is 3.17. The smallest absolute Gasteiger partial charge is 0.317 e. The van der Waals surface area contributed by atoms with Gasteiger partial charge in [-0.3, -0.25) is 4.79 Å². The highest BCUT2D eigenvalue weighted by Crippen LogP contribution is 2.27. The predicted octanol–water partition coefficient (Wildman–Crippen LogP) is 2.71. The van der Waals surface area contributed by atoms with Crippen LogP contribution in [0.5, 0.6) is 0 Å². The zero-order valence-corrected chi connectivity index (χ0v) is 13.3. The summed E-state index contributed by atoms with van der Waals surface area (Å²) in [4.78, 5) is 24.7. The third-order valence-electron chi connectivity index (χ3n) is 3.45. The normalized spacial score (nSPS) is 20.1. The number of nitrogens with zero attached hydrogens (tertiary/aromatic N) is 1. The average molecular weight is 284 g/mol. The molecule has 1 unspecified atom stereocenters. The molecule has 5 heteroatoms. The van der Waals surface area contributed by atoms with Crippen molar-refractivity contribution in [1.29, 1.82) is 0 Å². The molecule has 0 bridgehead atoms. The molecule has 20 heavy (non-hydrogen) atoms. The standard InChI is InChI=1S/C15H28N2O3/c1-14(2,3)10-15(4,5)16-13(20)17-7-6-11(9-17)8-12(18)19/h11H,6-10H2,1-5H3,(H,16,20)(H,18,19). The first kappa shape index (κ1) is 16.8. The number of nitrogens with one attached hydrogen (secondary N) is 1. The molecule has 2 N–H and O–H groups in total. The zero-order chi connectivity index (χ0) is 15.6. The third kappa shape index (κ3) is 5.80. The van der Waals surface area contributed by atoms with E-state index in [0.29, 0.717) is 13.1 Å². The van der Waals surface area contributed by atoms with Crippen molar-refractivity contribution in [2.24, 2.45) is 11.3 Å². The van der Waals surface area contributed by atoms with Crippen molar-refractivity contribution in [2.45, 2.75) is 59.4 Å². The molecule has 0 aromatic rings. The maximum atomic E-state index is 12.2. The Labute approximate surface area is 121 Å². The number of carbonyl (C=O) groups excluding carboxylic acids is 1. The largest absolute Gasteiger partial charge is 0.481 e. The Morgan fingerprint density at radius 1 is 1.25 bits per heavy atom. The molecule has 1 heterocycles. The molecule has 1 aliphatic heterocycles. The molecule has 0 saturated carbocycles. The van der Waals surface area contributed by atoms with Gasteiger partial charge in [0.2, 0.25) is 0 Å². The van der Waals surface area contributed by atoms with Crippen LogP contribution in [-0.2, 0) is 4.79 Å². The second-order valence-corrected chi connectivity index (χ2v) is 7.75. The maximum absolute atomic E-state index is 12.2. The molecule has 1 fully saturated rings. The highest BCUT2D eigenvalue weighted by Gasteiger charge is 2.32. The minimum atomic E-state index is -0.787. The molecule has 1 atom stereocenters. The molecule has 0 radical (unpaired) electrons. The summed E-state index contributed by atoms with van der Waals surface area (Å²) in [5.74, 6) is -0.700. The number of hydrogen-bond acceptors (Lipinski definition) is 2. The minimum Gasteiger partial charge on any atom is -0.481 e. The van der Waals surface area contributed by atoms with Crippen LogP contribution in [0.25, 0.3) is 0 Å². The van der Waals surface area contributed by atoms with Crippen LogP contribution in [-0.4, -0.2) is 40.6 Å². The van der Waals surface area contributed by atoms with Crippen LogP contribution in [0.3, 0.4) is 0 Å². The molecule has 5 nitrogen and oxygen atoms in total. The van der Waals surface area contributed by atoms with Crippen LogP contribution in [0.15, 0.2) is 0 Å². The molecule has 0 aliphatic carbocycles. The van der Waals surface area contributed by atoms with Gasteiger partial charge in [-0.25, -0.2) is 4.79 Å². The van der Waals surface area contributed by atoms with Crippen molar-refractivity contribution in [1.82, 2.24) is 10.2 Å². The fourth-order valence-electron chi connectivity index (χ4n) is 3.17. The molecule has 0 spiro atoms. The lowest BCUT2D eigenvalue weighted by atomic mass is 9.82. The molecule has 116 valence electrons. The number of amides is 2. The van der Waals surface area contributed by atoms with Crippen LogP contribution in [0.2, 0.25) is 0 Å². The molecule has 1 rings (SSSR count). The van der Waals surface area contributed by atoms with Gasteiger partial charge in [0.25, 0.3) is 0 Å². The lowest BCUT2D eigenvalue weighted by molar-refractivity contribution is -0.138. The number of hydrogen-bond donors (Lipinski definition) is 2. The Hall–Kier alpha value is -1.26. The van der Waals surface area contributed by atoms with E-state index in [9.17, 15) is 9.59 Å². The topological polar surface area (TPSA) is 69.6 Å². The molecule has 2 amide bonds. The van der Waals surface area contributed by atoms with Gasteiger partial charge in [-0.05, 0) is 38.0 Å². The third-order valence-corrected chi connectivity index (χ3v) is 3.45. The second-order valence-electron chi connectivity index (χ2n) is 7.75. The van der Waals surface area contributed by atoms with Crippen LogP contribution in [0.4, 0.5) is 4.79 Å². The van der Waals surface area contributed by atoms with Gasteiger partial charge in [0.05, 0.1) is 0 Å². The Morgan fingerprint density at radius 2 is 1.85 bits per heavy atom. The van der Waals surface area contributed by atoms with Crippen molar-refractivity contribution < 1.29 is 14.7 Å². The summed E-state index contributed by atoms with van der Waals surface area (Å²) in [7, 11) is 0. The van der Waals surface area contributed by atoms with Crippen molar-refractivity contribution in [3.8, 4) is 0 Å². The Bertz CT molecular complexity index is 372. The van der Waals surface area contributed by atoms with E-state index in [-0.39, 0.29) is 29.3 Å². The maximum Gasteiger partial charge on any atom is 0.317 e. The molecule has 0 aromatic heterocycles. The van der Waals surface area contributed by atoms with E-state index in [1.165, 1.54) is 0 Å². The second kappa shape index (κ2) is 6.02. The van der Waals surface area contributed by atoms with Crippen molar-refractivity contribution in [3.63, 3.8) is 0 Å². The molecule has 0 aromatic carbocycles. The summed E-state index contributed by atoms with van der Waals surface area (Å²) < 4.78 is 0. The summed E-state index contributed by atoms with van der Waals surface area (Å²) in [5.41, 5.74) is -0.117. The van der Waals surface area contributed by atoms with E-state index in [4.69, 9.17) is 5.11 Å². The first-order valence-electron chi connectivity index (χ1n) is 7.27. The van der Waals surface area contributed by atoms with Gasteiger partial charge in [0, 0.05) is 25.0 Å². The van der Waals surface area contributed by atoms with Gasteiger partial charge in [-0.15, -0.1) is 0 Å². The van der Waals surface area contributed by atoms with E-state index in [1.807, 2.05) is 13.8 Å². The van der Waals surface area contributed by atoms with Crippen molar-refractivity contribution in [3.05, 3.63) is 0 Å². The number of urea groups is 1. The summed E-state index contributed by atoms with van der Waals surface area (Å²) in [6.45, 7) is 11.7. The molecular formula is C15H28N2O3. The van der Waals surface area contributed by atoms with Crippen LogP contribution < -0.4 is 5.32 Å². The van der Waals surface area contributed by atoms with Crippen LogP contribution >= 0.6 is 0 Å². The monoisotopic (exact) mass is 284 g/mol. The van der Waals surface area contributed by atoms with Crippen molar-refractivity contribution in [2.75, 3.05) is 13.1 Å². The fraction of sp³-hybridized carbons (Fsp3) is 0.867. The highest BCUT2D eigenvalue weighted by atomic mass is 16.4. The Kier molecular flexibility index (Phi) is 5.05. The Balaban J connectivity index is 2.49. The van der Waals surface area contributed by atoms with Crippen molar-refractivity contribution >= 4 is 12.0 Å². The van der Waals surface area contributed by atoms with E-state index >= 15 is 0 Å². The van der Waals surface area contributed by atoms with Crippen LogP contribution in [0, 0.1) is 11.3 Å². The van der Waals surface area contributed by atoms with Gasteiger partial charge in [-0.1, -0.05) is 20.8 Å².